The fraction of sp³-hybridized carbons (Fsp3) is 0.750. The molecule has 1 aliphatic rings. The number of nitrogens with one attached hydrogen (secondary N) is 1. The summed E-state index contributed by atoms with van der Waals surface area (Å²) in [6.45, 7) is 2.11. The maximum absolute atomic E-state index is 5.72. The second kappa shape index (κ2) is 6.14. The van der Waals surface area contributed by atoms with Gasteiger partial charge in [-0.3, -0.25) is 4.68 Å². The Balaban J connectivity index is 1.84. The van der Waals surface area contributed by atoms with Gasteiger partial charge in [0.2, 0.25) is 0 Å². The Morgan fingerprint density at radius 3 is 3.06 bits per heavy atom. The largest absolute Gasteiger partial charge is 0.376 e. The lowest BCUT2D eigenvalue weighted by Gasteiger charge is -2.30. The van der Waals surface area contributed by atoms with Gasteiger partial charge in [-0.2, -0.15) is 5.10 Å². The zero-order valence-corrected chi connectivity index (χ0v) is 10.6. The van der Waals surface area contributed by atoms with Crippen LogP contribution >= 0.6 is 0 Å². The third-order valence-corrected chi connectivity index (χ3v) is 3.30. The number of aryl methyl sites for hydroxylation is 2. The van der Waals surface area contributed by atoms with E-state index in [1.54, 1.807) is 0 Å². The Kier molecular flexibility index (Phi) is 4.53. The van der Waals surface area contributed by atoms with Gasteiger partial charge in [-0.15, -0.1) is 0 Å². The smallest absolute Gasteiger partial charge is 0.0962 e. The highest BCUT2D eigenvalue weighted by Crippen LogP contribution is 2.12. The standard InChI is InChI=1S/C12H21N3O2/c1-13-11(12-9-16-7-8-17-12)4-3-10-5-6-14-15(10)2/h5-6,11-13H,3-4,7-9H2,1-2H3. The number of likely N-dealkylation sites (N-methyl/N-ethyl adjacent to an activating group) is 1. The van der Waals surface area contributed by atoms with Crippen molar-refractivity contribution in [3.8, 4) is 0 Å². The second-order valence-electron chi connectivity index (χ2n) is 4.36. The summed E-state index contributed by atoms with van der Waals surface area (Å²) in [5.74, 6) is 0. The Bertz CT molecular complexity index is 334. The number of nitrogens with zero attached hydrogens (tertiary/aromatic N) is 2. The lowest BCUT2D eigenvalue weighted by Crippen LogP contribution is -2.45. The molecular formula is C12H21N3O2. The van der Waals surface area contributed by atoms with E-state index in [1.807, 2.05) is 25.0 Å². The van der Waals surface area contributed by atoms with Crippen molar-refractivity contribution in [1.82, 2.24) is 15.1 Å². The lowest BCUT2D eigenvalue weighted by atomic mass is 10.0. The van der Waals surface area contributed by atoms with Gasteiger partial charge in [-0.25, -0.2) is 0 Å². The predicted molar refractivity (Wildman–Crippen MR) is 64.9 cm³/mol. The average molecular weight is 239 g/mol. The maximum Gasteiger partial charge on any atom is 0.0962 e. The van der Waals surface area contributed by atoms with E-state index in [1.165, 1.54) is 5.69 Å². The summed E-state index contributed by atoms with van der Waals surface area (Å²) < 4.78 is 13.1. The van der Waals surface area contributed by atoms with Crippen molar-refractivity contribution in [3.05, 3.63) is 18.0 Å². The maximum atomic E-state index is 5.72. The van der Waals surface area contributed by atoms with Crippen LogP contribution in [0.5, 0.6) is 0 Å². The van der Waals surface area contributed by atoms with Gasteiger partial charge in [-0.05, 0) is 26.0 Å². The summed E-state index contributed by atoms with van der Waals surface area (Å²) in [7, 11) is 3.95. The molecule has 1 aliphatic heterocycles. The van der Waals surface area contributed by atoms with Crippen LogP contribution in [-0.2, 0) is 22.9 Å². The molecule has 1 saturated heterocycles. The number of rotatable bonds is 5. The summed E-state index contributed by atoms with van der Waals surface area (Å²) in [6, 6.07) is 2.40. The summed E-state index contributed by atoms with van der Waals surface area (Å²) in [6.07, 6.45) is 4.04. The van der Waals surface area contributed by atoms with Crippen LogP contribution in [0, 0.1) is 0 Å². The van der Waals surface area contributed by atoms with Gasteiger partial charge in [0.15, 0.2) is 0 Å². The second-order valence-corrected chi connectivity index (χ2v) is 4.36. The van der Waals surface area contributed by atoms with Gasteiger partial charge in [0.05, 0.1) is 25.9 Å². The molecule has 0 aromatic carbocycles. The van der Waals surface area contributed by atoms with Crippen molar-refractivity contribution >= 4 is 0 Å². The van der Waals surface area contributed by atoms with Crippen molar-refractivity contribution in [3.63, 3.8) is 0 Å². The minimum atomic E-state index is 0.168. The Morgan fingerprint density at radius 1 is 1.59 bits per heavy atom. The highest BCUT2D eigenvalue weighted by molar-refractivity contribution is 5.00. The molecule has 2 atom stereocenters. The fourth-order valence-electron chi connectivity index (χ4n) is 2.20. The number of hydrogen-bond acceptors (Lipinski definition) is 4. The van der Waals surface area contributed by atoms with Gasteiger partial charge >= 0.3 is 0 Å². The van der Waals surface area contributed by atoms with Crippen LogP contribution in [0.2, 0.25) is 0 Å². The minimum absolute atomic E-state index is 0.168. The molecule has 2 unspecified atom stereocenters. The quantitative estimate of drug-likeness (QED) is 0.806. The van der Waals surface area contributed by atoms with Gasteiger partial charge in [0.1, 0.15) is 0 Å². The molecule has 2 heterocycles. The van der Waals surface area contributed by atoms with E-state index >= 15 is 0 Å². The van der Waals surface area contributed by atoms with E-state index in [4.69, 9.17) is 9.47 Å². The van der Waals surface area contributed by atoms with Crippen LogP contribution in [0.3, 0.4) is 0 Å². The molecule has 1 aromatic heterocycles. The Hall–Kier alpha value is -0.910. The average Bonchev–Trinajstić information content (AvgIpc) is 2.77. The first kappa shape index (κ1) is 12.5. The molecule has 0 aliphatic carbocycles. The molecule has 96 valence electrons. The molecule has 17 heavy (non-hydrogen) atoms. The van der Waals surface area contributed by atoms with Gasteiger partial charge < -0.3 is 14.8 Å². The lowest BCUT2D eigenvalue weighted by molar-refractivity contribution is -0.101. The molecule has 5 nitrogen and oxygen atoms in total. The van der Waals surface area contributed by atoms with Crippen molar-refractivity contribution in [1.29, 1.82) is 0 Å². The Morgan fingerprint density at radius 2 is 2.47 bits per heavy atom. The highest BCUT2D eigenvalue weighted by atomic mass is 16.6. The molecule has 5 heteroatoms. The van der Waals surface area contributed by atoms with Crippen LogP contribution in [0.25, 0.3) is 0 Å². The Labute approximate surface area is 102 Å². The van der Waals surface area contributed by atoms with Gasteiger partial charge in [-0.1, -0.05) is 0 Å². The van der Waals surface area contributed by atoms with Crippen molar-refractivity contribution in [2.24, 2.45) is 7.05 Å². The van der Waals surface area contributed by atoms with Crippen LogP contribution in [-0.4, -0.2) is 48.8 Å². The predicted octanol–water partition coefficient (Wildman–Crippen LogP) is 0.356. The molecule has 0 spiro atoms. The fourth-order valence-corrected chi connectivity index (χ4v) is 2.20. The van der Waals surface area contributed by atoms with E-state index < -0.39 is 0 Å². The number of aromatic nitrogens is 2. The third-order valence-electron chi connectivity index (χ3n) is 3.30. The monoisotopic (exact) mass is 239 g/mol. The molecule has 1 fully saturated rings. The molecule has 0 radical (unpaired) electrons. The molecule has 1 N–H and O–H groups in total. The first-order chi connectivity index (χ1) is 8.31. The van der Waals surface area contributed by atoms with Crippen molar-refractivity contribution < 1.29 is 9.47 Å². The molecular weight excluding hydrogens is 218 g/mol. The van der Waals surface area contributed by atoms with Crippen LogP contribution in [0.4, 0.5) is 0 Å². The molecule has 0 bridgehead atoms. The van der Waals surface area contributed by atoms with Crippen LogP contribution in [0.1, 0.15) is 12.1 Å². The normalized spacial score (nSPS) is 22.6. The zero-order chi connectivity index (χ0) is 12.1. The van der Waals surface area contributed by atoms with E-state index in [0.29, 0.717) is 25.9 Å². The number of hydrogen-bond donors (Lipinski definition) is 1. The molecule has 0 amide bonds. The topological polar surface area (TPSA) is 48.3 Å². The molecule has 2 rings (SSSR count). The summed E-state index contributed by atoms with van der Waals surface area (Å²) in [5, 5.41) is 7.49. The van der Waals surface area contributed by atoms with E-state index in [9.17, 15) is 0 Å². The van der Waals surface area contributed by atoms with Crippen LogP contribution in [0.15, 0.2) is 12.3 Å². The van der Waals surface area contributed by atoms with Crippen molar-refractivity contribution in [2.45, 2.75) is 25.0 Å². The van der Waals surface area contributed by atoms with Crippen molar-refractivity contribution in [2.75, 3.05) is 26.9 Å². The summed E-state index contributed by atoms with van der Waals surface area (Å²) in [5.41, 5.74) is 1.25. The highest BCUT2D eigenvalue weighted by Gasteiger charge is 2.23. The molecule has 1 aromatic rings. The first-order valence-electron chi connectivity index (χ1n) is 6.14. The zero-order valence-electron chi connectivity index (χ0n) is 10.6. The number of ether oxygens (including phenoxy) is 2. The summed E-state index contributed by atoms with van der Waals surface area (Å²) in [4.78, 5) is 0. The van der Waals surface area contributed by atoms with Gasteiger partial charge in [0, 0.05) is 25.0 Å². The SMILES string of the molecule is CNC(CCc1ccnn1C)C1COCCO1. The van der Waals surface area contributed by atoms with E-state index in [-0.39, 0.29) is 6.10 Å². The van der Waals surface area contributed by atoms with Crippen LogP contribution < -0.4 is 5.32 Å². The summed E-state index contributed by atoms with van der Waals surface area (Å²) >= 11 is 0. The first-order valence-corrected chi connectivity index (χ1v) is 6.14. The minimum Gasteiger partial charge on any atom is -0.376 e. The third kappa shape index (κ3) is 3.28. The van der Waals surface area contributed by atoms with Gasteiger partial charge in [0.25, 0.3) is 0 Å². The van der Waals surface area contributed by atoms with E-state index in [2.05, 4.69) is 16.5 Å². The molecule has 0 saturated carbocycles. The van der Waals surface area contributed by atoms with E-state index in [0.717, 1.165) is 12.8 Å².